The van der Waals surface area contributed by atoms with Crippen LogP contribution in [0.2, 0.25) is 21.4 Å². The monoisotopic (exact) mass is 673 g/mol. The fourth-order valence-electron chi connectivity index (χ4n) is 8.71. The van der Waals surface area contributed by atoms with E-state index in [1.165, 1.54) is 56.3 Å². The molecule has 0 heterocycles. The Morgan fingerprint density at radius 1 is 0.757 bits per heavy atom. The number of unbranched alkanes of at least 4 members (excludes halogenated alkanes) is 2. The van der Waals surface area contributed by atoms with Crippen molar-refractivity contribution >= 4 is 18.1 Å². The van der Waals surface area contributed by atoms with Crippen molar-refractivity contribution < 1.29 is 17.7 Å². The number of hydrogen-bond acceptors (Lipinski definition) is 0. The van der Waals surface area contributed by atoms with Gasteiger partial charge in [0, 0.05) is 0 Å². The summed E-state index contributed by atoms with van der Waals surface area (Å²) in [5.74, 6) is -1.04. The fourth-order valence-corrected chi connectivity index (χ4v) is 77.4. The normalized spacial score (nSPS) is 19.4. The van der Waals surface area contributed by atoms with Crippen molar-refractivity contribution in [2.45, 2.75) is 75.3 Å². The van der Waals surface area contributed by atoms with Gasteiger partial charge in [0.15, 0.2) is 0 Å². The van der Waals surface area contributed by atoms with E-state index < -0.39 is 23.7 Å². The Labute approximate surface area is 227 Å². The van der Waals surface area contributed by atoms with Crippen molar-refractivity contribution in [2.75, 3.05) is 0 Å². The van der Waals surface area contributed by atoms with Crippen molar-refractivity contribution in [3.05, 3.63) is 107 Å². The molecule has 5 rings (SSSR count). The van der Waals surface area contributed by atoms with Gasteiger partial charge in [0.25, 0.3) is 0 Å². The predicted molar refractivity (Wildman–Crippen MR) is 165 cm³/mol. The average Bonchev–Trinajstić information content (AvgIpc) is 3.51. The first-order valence-corrected chi connectivity index (χ1v) is 33.1. The third-order valence-corrected chi connectivity index (χ3v) is 82.7. The second-order valence-electron chi connectivity index (χ2n) is 12.3. The van der Waals surface area contributed by atoms with E-state index >= 15 is 0 Å². The van der Waals surface area contributed by atoms with Gasteiger partial charge in [0.05, 0.1) is 0 Å². The summed E-state index contributed by atoms with van der Waals surface area (Å²) in [6.07, 6.45) is 13.3. The average molecular weight is 672 g/mol. The summed E-state index contributed by atoms with van der Waals surface area (Å²) in [5.41, 5.74) is 10.8. The second-order valence-corrected chi connectivity index (χ2v) is 61.3. The molecule has 0 saturated heterocycles. The van der Waals surface area contributed by atoms with Crippen LogP contribution in [-0.4, -0.2) is 5.98 Å². The summed E-state index contributed by atoms with van der Waals surface area (Å²) in [6.45, 7) is 12.9. The van der Waals surface area contributed by atoms with E-state index in [9.17, 15) is 0 Å². The molecule has 2 atom stereocenters. The Bertz CT molecular complexity index is 1310. The summed E-state index contributed by atoms with van der Waals surface area (Å²) < 4.78 is 4.44. The third-order valence-electron chi connectivity index (χ3n) is 10.5. The van der Waals surface area contributed by atoms with E-state index in [-0.39, 0.29) is 0 Å². The van der Waals surface area contributed by atoms with E-state index in [0.717, 1.165) is 0 Å². The second kappa shape index (κ2) is 10.8. The summed E-state index contributed by atoms with van der Waals surface area (Å²) in [4.78, 5) is 0. The maximum atomic E-state index is 2.78. The van der Waals surface area contributed by atoms with Crippen LogP contribution >= 0.6 is 0 Å². The summed E-state index contributed by atoms with van der Waals surface area (Å²) in [7, 11) is 0. The van der Waals surface area contributed by atoms with E-state index in [4.69, 9.17) is 0 Å². The minimum absolute atomic E-state index is 0.667. The van der Waals surface area contributed by atoms with Gasteiger partial charge in [-0.1, -0.05) is 0 Å². The molecule has 2 unspecified atom stereocenters. The van der Waals surface area contributed by atoms with Gasteiger partial charge in [-0.15, -0.1) is 0 Å². The van der Waals surface area contributed by atoms with Crippen LogP contribution in [0.5, 0.6) is 0 Å². The number of rotatable bonds is 10. The predicted octanol–water partition coefficient (Wildman–Crippen LogP) is 10.7. The van der Waals surface area contributed by atoms with Gasteiger partial charge in [-0.25, -0.2) is 0 Å². The molecule has 3 aromatic rings. The molecule has 0 spiro atoms. The van der Waals surface area contributed by atoms with E-state index in [1.54, 1.807) is 16.7 Å². The van der Waals surface area contributed by atoms with Crippen LogP contribution in [0.15, 0.2) is 84.4 Å². The molecule has 0 aliphatic heterocycles. The number of benzene rings is 3. The van der Waals surface area contributed by atoms with Gasteiger partial charge in [-0.3, -0.25) is 0 Å². The summed E-state index contributed by atoms with van der Waals surface area (Å²) in [6, 6.07) is 27.8. The zero-order valence-electron chi connectivity index (χ0n) is 23.6. The Morgan fingerprint density at radius 2 is 1.41 bits per heavy atom. The fraction of sp³-hybridized carbons (Fsp3) is 0.371. The van der Waals surface area contributed by atoms with E-state index in [0.29, 0.717) is 7.35 Å². The van der Waals surface area contributed by atoms with Crippen molar-refractivity contribution in [1.82, 2.24) is 0 Å². The van der Waals surface area contributed by atoms with E-state index in [1.807, 2.05) is 0 Å². The third kappa shape index (κ3) is 4.18. The molecule has 37 heavy (non-hydrogen) atoms. The van der Waals surface area contributed by atoms with Crippen LogP contribution in [0.3, 0.4) is 0 Å². The molecule has 0 N–H and O–H groups in total. The Kier molecular flexibility index (Phi) is 7.81. The molecular weight excluding hydrogens is 627 g/mol. The topological polar surface area (TPSA) is 0 Å². The summed E-state index contributed by atoms with van der Waals surface area (Å²) >= 11 is -3.79. The van der Waals surface area contributed by atoms with Gasteiger partial charge in [0.1, 0.15) is 0 Å². The van der Waals surface area contributed by atoms with Gasteiger partial charge < -0.3 is 0 Å². The molecule has 0 saturated carbocycles. The summed E-state index contributed by atoms with van der Waals surface area (Å²) in [5, 5.41) is 0. The zero-order chi connectivity index (χ0) is 26.1. The number of fused-ring (bicyclic) bond motifs is 2. The van der Waals surface area contributed by atoms with Crippen LogP contribution in [0.25, 0.3) is 23.3 Å². The van der Waals surface area contributed by atoms with Crippen LogP contribution in [-0.2, 0) is 17.7 Å². The first-order valence-electron chi connectivity index (χ1n) is 14.8. The molecule has 193 valence electrons. The minimum atomic E-state index is -3.79. The van der Waals surface area contributed by atoms with Crippen molar-refractivity contribution in [1.29, 1.82) is 0 Å². The van der Waals surface area contributed by atoms with Gasteiger partial charge in [0.2, 0.25) is 0 Å². The van der Waals surface area contributed by atoms with Gasteiger partial charge >= 0.3 is 229 Å². The molecule has 2 aliphatic carbocycles. The number of hydrogen-bond donors (Lipinski definition) is 0. The first kappa shape index (κ1) is 26.8. The van der Waals surface area contributed by atoms with E-state index in [2.05, 4.69) is 125 Å². The first-order chi connectivity index (χ1) is 18.0. The van der Waals surface area contributed by atoms with Crippen LogP contribution in [0.4, 0.5) is 0 Å². The molecule has 0 aromatic heterocycles. The van der Waals surface area contributed by atoms with Crippen LogP contribution < -0.4 is 0 Å². The van der Waals surface area contributed by atoms with Crippen molar-refractivity contribution in [3.8, 4) is 11.1 Å². The Balaban J connectivity index is 1.80. The van der Waals surface area contributed by atoms with Crippen LogP contribution in [0, 0.1) is 0 Å². The van der Waals surface area contributed by atoms with Crippen molar-refractivity contribution in [2.24, 2.45) is 0 Å². The van der Waals surface area contributed by atoms with Gasteiger partial charge in [-0.05, 0) is 0 Å². The standard InChI is InChI=1S/C15H11.C10H9.2C4H9.C2H7Si.Hf/c1-2-6-12(7-3-1)14-10-4-8-13-9-5-11-15(13)14;1-8-6-9-4-2-3-5-10(9)7-8;2*1-3-4-2;1-3-2;/h1-11H;2-7H,1H3;2*1,3-4H2,2H3;3H,1-2H3;. The number of allylic oxidation sites excluding steroid dienone is 2. The molecule has 3 aromatic carbocycles. The van der Waals surface area contributed by atoms with Crippen molar-refractivity contribution in [3.63, 3.8) is 0 Å². The Morgan fingerprint density at radius 3 is 2.08 bits per heavy atom. The molecule has 2 heteroatoms. The molecule has 0 amide bonds. The zero-order valence-corrected chi connectivity index (χ0v) is 28.4. The maximum absolute atomic E-state index is 3.79. The molecular formula is C35H45HfSi. The quantitative estimate of drug-likeness (QED) is 0.188. The molecule has 2 aliphatic rings. The molecule has 0 fully saturated rings. The SMILES string of the molecule is CCC[CH2][Hf]([CH2]CCC)([CH]1C=Cc2c(-c3ccccc3)cccc21)([CH]1C(C)=Cc2ccccc21)[SiH](C)C. The van der Waals surface area contributed by atoms with Gasteiger partial charge in [-0.2, -0.15) is 0 Å². The molecule has 0 nitrogen and oxygen atoms in total. The molecule has 0 radical (unpaired) electrons. The molecule has 0 bridgehead atoms. The van der Waals surface area contributed by atoms with Crippen LogP contribution in [0.1, 0.15) is 76.1 Å². The Hall–Kier alpha value is -1.77.